The highest BCUT2D eigenvalue weighted by atomic mass is 16.6. The number of amides is 1. The van der Waals surface area contributed by atoms with Gasteiger partial charge in [-0.3, -0.25) is 19.6 Å². The van der Waals surface area contributed by atoms with Crippen molar-refractivity contribution in [3.8, 4) is 0 Å². The molecule has 7 nitrogen and oxygen atoms in total. The summed E-state index contributed by atoms with van der Waals surface area (Å²) in [5.41, 5.74) is 3.20. The van der Waals surface area contributed by atoms with E-state index in [1.807, 2.05) is 20.9 Å². The minimum absolute atomic E-state index is 0.00746. The van der Waals surface area contributed by atoms with Gasteiger partial charge in [0.05, 0.1) is 17.0 Å². The lowest BCUT2D eigenvalue weighted by Gasteiger charge is -2.05. The first-order chi connectivity index (χ1) is 9.88. The van der Waals surface area contributed by atoms with Crippen molar-refractivity contribution in [1.82, 2.24) is 9.78 Å². The molecule has 2 aromatic rings. The van der Waals surface area contributed by atoms with E-state index in [0.717, 1.165) is 17.0 Å². The van der Waals surface area contributed by atoms with Crippen LogP contribution in [-0.4, -0.2) is 20.6 Å². The standard InChI is InChI=1S/C14H16N4O3/c1-9-13(10(2)17(3)16-9)8-14(19)15-11-4-6-12(7-5-11)18(20)21/h4-7H,8H2,1-3H3,(H,15,19). The second-order valence-electron chi connectivity index (χ2n) is 4.80. The third-order valence-corrected chi connectivity index (χ3v) is 3.36. The molecule has 1 amide bonds. The molecule has 0 radical (unpaired) electrons. The Morgan fingerprint density at radius 2 is 1.95 bits per heavy atom. The molecule has 1 aromatic carbocycles. The van der Waals surface area contributed by atoms with Gasteiger partial charge in [-0.1, -0.05) is 0 Å². The second-order valence-corrected chi connectivity index (χ2v) is 4.80. The average molecular weight is 288 g/mol. The van der Waals surface area contributed by atoms with Gasteiger partial charge >= 0.3 is 0 Å². The number of nitrogens with one attached hydrogen (secondary N) is 1. The minimum Gasteiger partial charge on any atom is -0.326 e. The molecular weight excluding hydrogens is 272 g/mol. The van der Waals surface area contributed by atoms with E-state index in [1.54, 1.807) is 4.68 Å². The van der Waals surface area contributed by atoms with Crippen LogP contribution >= 0.6 is 0 Å². The monoisotopic (exact) mass is 288 g/mol. The number of rotatable bonds is 4. The summed E-state index contributed by atoms with van der Waals surface area (Å²) < 4.78 is 1.74. The Kier molecular flexibility index (Phi) is 4.02. The molecule has 1 aromatic heterocycles. The predicted octanol–water partition coefficient (Wildman–Crippen LogP) is 2.13. The molecule has 1 heterocycles. The van der Waals surface area contributed by atoms with E-state index >= 15 is 0 Å². The number of carbonyl (C=O) groups excluding carboxylic acids is 1. The molecule has 7 heteroatoms. The molecule has 0 aliphatic rings. The van der Waals surface area contributed by atoms with Crippen LogP contribution in [0, 0.1) is 24.0 Å². The van der Waals surface area contributed by atoms with Gasteiger partial charge in [-0.25, -0.2) is 0 Å². The van der Waals surface area contributed by atoms with E-state index in [4.69, 9.17) is 0 Å². The first kappa shape index (κ1) is 14.7. The Morgan fingerprint density at radius 3 is 2.43 bits per heavy atom. The Balaban J connectivity index is 2.06. The van der Waals surface area contributed by atoms with E-state index in [0.29, 0.717) is 5.69 Å². The van der Waals surface area contributed by atoms with E-state index in [1.165, 1.54) is 24.3 Å². The van der Waals surface area contributed by atoms with Gasteiger partial charge in [-0.2, -0.15) is 5.10 Å². The fourth-order valence-electron chi connectivity index (χ4n) is 2.11. The molecule has 1 N–H and O–H groups in total. The summed E-state index contributed by atoms with van der Waals surface area (Å²) in [4.78, 5) is 22.1. The van der Waals surface area contributed by atoms with Crippen molar-refractivity contribution in [2.45, 2.75) is 20.3 Å². The highest BCUT2D eigenvalue weighted by Gasteiger charge is 2.14. The number of nitro groups is 1. The van der Waals surface area contributed by atoms with Gasteiger partial charge in [0.25, 0.3) is 5.69 Å². The Labute approximate surface area is 121 Å². The van der Waals surface area contributed by atoms with E-state index in [-0.39, 0.29) is 18.0 Å². The van der Waals surface area contributed by atoms with Crippen LogP contribution in [0.3, 0.4) is 0 Å². The topological polar surface area (TPSA) is 90.1 Å². The maximum Gasteiger partial charge on any atom is 0.269 e. The van der Waals surface area contributed by atoms with Crippen molar-refractivity contribution in [2.24, 2.45) is 7.05 Å². The molecule has 0 aliphatic carbocycles. The SMILES string of the molecule is Cc1nn(C)c(C)c1CC(=O)Nc1ccc([N+](=O)[O-])cc1. The number of aryl methyl sites for hydroxylation is 2. The van der Waals surface area contributed by atoms with Crippen molar-refractivity contribution in [3.05, 3.63) is 51.3 Å². The van der Waals surface area contributed by atoms with Gasteiger partial charge in [0.1, 0.15) is 0 Å². The number of hydrogen-bond donors (Lipinski definition) is 1. The van der Waals surface area contributed by atoms with Crippen molar-refractivity contribution in [3.63, 3.8) is 0 Å². The first-order valence-electron chi connectivity index (χ1n) is 6.42. The van der Waals surface area contributed by atoms with Gasteiger partial charge in [0, 0.05) is 36.1 Å². The molecule has 110 valence electrons. The van der Waals surface area contributed by atoms with Crippen molar-refractivity contribution >= 4 is 17.3 Å². The smallest absolute Gasteiger partial charge is 0.269 e. The lowest BCUT2D eigenvalue weighted by atomic mass is 10.1. The van der Waals surface area contributed by atoms with E-state index < -0.39 is 4.92 Å². The van der Waals surface area contributed by atoms with Crippen molar-refractivity contribution < 1.29 is 9.72 Å². The summed E-state index contributed by atoms with van der Waals surface area (Å²) in [6.45, 7) is 3.77. The molecule has 0 unspecified atom stereocenters. The average Bonchev–Trinajstić information content (AvgIpc) is 2.66. The van der Waals surface area contributed by atoms with Gasteiger partial charge in [-0.05, 0) is 26.0 Å². The fraction of sp³-hybridized carbons (Fsp3) is 0.286. The predicted molar refractivity (Wildman–Crippen MR) is 78.1 cm³/mol. The summed E-state index contributed by atoms with van der Waals surface area (Å²) in [5, 5.41) is 17.5. The zero-order valence-electron chi connectivity index (χ0n) is 12.1. The van der Waals surface area contributed by atoms with E-state index in [2.05, 4.69) is 10.4 Å². The van der Waals surface area contributed by atoms with Crippen LogP contribution < -0.4 is 5.32 Å². The van der Waals surface area contributed by atoms with Crippen LogP contribution in [0.25, 0.3) is 0 Å². The maximum absolute atomic E-state index is 12.0. The molecule has 0 spiro atoms. The highest BCUT2D eigenvalue weighted by Crippen LogP contribution is 2.17. The van der Waals surface area contributed by atoms with Crippen LogP contribution in [0.1, 0.15) is 17.0 Å². The molecule has 0 aliphatic heterocycles. The van der Waals surface area contributed by atoms with Gasteiger partial charge < -0.3 is 5.32 Å². The molecular formula is C14H16N4O3. The van der Waals surface area contributed by atoms with Crippen LogP contribution in [0.5, 0.6) is 0 Å². The molecule has 0 saturated heterocycles. The Bertz CT molecular complexity index is 689. The molecule has 0 saturated carbocycles. The lowest BCUT2D eigenvalue weighted by molar-refractivity contribution is -0.384. The summed E-state index contributed by atoms with van der Waals surface area (Å²) in [5.74, 6) is -0.178. The Hall–Kier alpha value is -2.70. The fourth-order valence-corrected chi connectivity index (χ4v) is 2.11. The van der Waals surface area contributed by atoms with Crippen molar-refractivity contribution in [1.29, 1.82) is 0 Å². The normalized spacial score (nSPS) is 10.4. The summed E-state index contributed by atoms with van der Waals surface area (Å²) in [6, 6.07) is 5.74. The number of aromatic nitrogens is 2. The number of anilines is 1. The zero-order chi connectivity index (χ0) is 15.6. The lowest BCUT2D eigenvalue weighted by Crippen LogP contribution is -2.15. The van der Waals surface area contributed by atoms with E-state index in [9.17, 15) is 14.9 Å². The van der Waals surface area contributed by atoms with Gasteiger partial charge in [0.15, 0.2) is 0 Å². The molecule has 0 bridgehead atoms. The van der Waals surface area contributed by atoms with Gasteiger partial charge in [-0.15, -0.1) is 0 Å². The second kappa shape index (κ2) is 5.74. The molecule has 21 heavy (non-hydrogen) atoms. The number of nitrogens with zero attached hydrogens (tertiary/aromatic N) is 3. The number of benzene rings is 1. The molecule has 0 fully saturated rings. The van der Waals surface area contributed by atoms with Crippen LogP contribution in [0.15, 0.2) is 24.3 Å². The number of carbonyl (C=O) groups is 1. The quantitative estimate of drug-likeness (QED) is 0.689. The Morgan fingerprint density at radius 1 is 1.33 bits per heavy atom. The van der Waals surface area contributed by atoms with Crippen LogP contribution in [-0.2, 0) is 18.3 Å². The molecule has 0 atom stereocenters. The zero-order valence-corrected chi connectivity index (χ0v) is 12.1. The van der Waals surface area contributed by atoms with Gasteiger partial charge in [0.2, 0.25) is 5.91 Å². The summed E-state index contributed by atoms with van der Waals surface area (Å²) in [6.07, 6.45) is 0.225. The minimum atomic E-state index is -0.478. The van der Waals surface area contributed by atoms with Crippen molar-refractivity contribution in [2.75, 3.05) is 5.32 Å². The number of non-ortho nitro benzene ring substituents is 1. The third-order valence-electron chi connectivity index (χ3n) is 3.36. The van der Waals surface area contributed by atoms with Crippen LogP contribution in [0.4, 0.5) is 11.4 Å². The number of nitro benzene ring substituents is 1. The highest BCUT2D eigenvalue weighted by molar-refractivity contribution is 5.92. The first-order valence-corrected chi connectivity index (χ1v) is 6.42. The molecule has 2 rings (SSSR count). The largest absolute Gasteiger partial charge is 0.326 e. The summed E-state index contributed by atoms with van der Waals surface area (Å²) in [7, 11) is 1.83. The third kappa shape index (κ3) is 3.25. The maximum atomic E-state index is 12.0. The number of hydrogen-bond acceptors (Lipinski definition) is 4. The van der Waals surface area contributed by atoms with Crippen LogP contribution in [0.2, 0.25) is 0 Å². The summed E-state index contributed by atoms with van der Waals surface area (Å²) >= 11 is 0.